The molecule has 1 saturated carbocycles. The van der Waals surface area contributed by atoms with Gasteiger partial charge in [0.15, 0.2) is 5.78 Å². The smallest absolute Gasteiger partial charge is 0.410 e. The zero-order valence-electron chi connectivity index (χ0n) is 21.1. The molecule has 2 aromatic rings. The number of nitrogens with zero attached hydrogens (tertiary/aromatic N) is 1. The Morgan fingerprint density at radius 1 is 1.08 bits per heavy atom. The van der Waals surface area contributed by atoms with Gasteiger partial charge in [-0.3, -0.25) is 9.59 Å². The molecule has 10 heteroatoms. The number of benzene rings is 2. The minimum absolute atomic E-state index is 0.0895. The van der Waals surface area contributed by atoms with Crippen molar-refractivity contribution < 1.29 is 23.5 Å². The second kappa shape index (κ2) is 10.5. The summed E-state index contributed by atoms with van der Waals surface area (Å²) in [6, 6.07) is 9.63. The number of halogens is 3. The lowest BCUT2D eigenvalue weighted by molar-refractivity contribution is -0.148. The third kappa shape index (κ3) is 5.14. The molecule has 2 aromatic carbocycles. The first-order valence-corrected chi connectivity index (χ1v) is 13.7. The molecule has 3 fully saturated rings. The molecule has 0 radical (unpaired) electrons. The summed E-state index contributed by atoms with van der Waals surface area (Å²) in [6.07, 6.45) is 3.02. The molecule has 0 spiro atoms. The normalized spacial score (nSPS) is 26.1. The highest BCUT2D eigenvalue weighted by atomic mass is 35.5. The summed E-state index contributed by atoms with van der Waals surface area (Å²) in [5.41, 5.74) is -1.12. The van der Waals surface area contributed by atoms with Gasteiger partial charge in [0.1, 0.15) is 17.1 Å². The zero-order chi connectivity index (χ0) is 27.1. The molecule has 2 heterocycles. The molecule has 2 N–H and O–H groups in total. The van der Waals surface area contributed by atoms with Gasteiger partial charge in [-0.1, -0.05) is 36.2 Å². The van der Waals surface area contributed by atoms with E-state index < -0.39 is 29.4 Å². The molecule has 2 saturated heterocycles. The van der Waals surface area contributed by atoms with E-state index in [1.807, 2.05) is 6.92 Å². The lowest BCUT2D eigenvalue weighted by Gasteiger charge is -2.43. The minimum Gasteiger partial charge on any atom is -0.410 e. The van der Waals surface area contributed by atoms with E-state index in [9.17, 15) is 18.8 Å². The number of piperidine rings is 1. The van der Waals surface area contributed by atoms with Crippen LogP contribution in [0.5, 0.6) is 5.75 Å². The number of Topliss-reactive ketones (excluding diaryl/α,β-unsaturated/α-hetero) is 1. The van der Waals surface area contributed by atoms with E-state index in [1.54, 1.807) is 23.1 Å². The molecule has 2 aliphatic heterocycles. The van der Waals surface area contributed by atoms with Gasteiger partial charge in [-0.15, -0.1) is 0 Å². The summed E-state index contributed by atoms with van der Waals surface area (Å²) in [5.74, 6) is -1.09. The Bertz CT molecular complexity index is 1250. The quantitative estimate of drug-likeness (QED) is 0.512. The van der Waals surface area contributed by atoms with E-state index in [0.717, 1.165) is 25.7 Å². The Kier molecular flexibility index (Phi) is 7.42. The number of hydrogen-bond donors (Lipinski definition) is 2. The van der Waals surface area contributed by atoms with Crippen molar-refractivity contribution in [2.75, 3.05) is 19.6 Å². The number of likely N-dealkylation sites (tertiary alicyclic amines) is 1. The maximum absolute atomic E-state index is 14.5. The van der Waals surface area contributed by atoms with E-state index in [2.05, 4.69) is 10.6 Å². The summed E-state index contributed by atoms with van der Waals surface area (Å²) < 4.78 is 18.8. The van der Waals surface area contributed by atoms with Crippen molar-refractivity contribution >= 4 is 41.0 Å². The molecule has 2 amide bonds. The molecule has 3 atom stereocenters. The van der Waals surface area contributed by atoms with Crippen LogP contribution in [0.15, 0.2) is 42.5 Å². The second-order valence-electron chi connectivity index (χ2n) is 10.7. The summed E-state index contributed by atoms with van der Waals surface area (Å²) in [7, 11) is 0. The molecule has 0 aromatic heterocycles. The maximum Gasteiger partial charge on any atom is 0.413 e. The number of amides is 2. The van der Waals surface area contributed by atoms with Crippen LogP contribution in [0.4, 0.5) is 9.18 Å². The van der Waals surface area contributed by atoms with Gasteiger partial charge in [-0.2, -0.15) is 0 Å². The second-order valence-corrected chi connectivity index (χ2v) is 11.5. The van der Waals surface area contributed by atoms with Crippen LogP contribution in [0.3, 0.4) is 0 Å². The first-order chi connectivity index (χ1) is 18.1. The van der Waals surface area contributed by atoms with Crippen LogP contribution in [-0.2, 0) is 9.59 Å². The number of rotatable bonds is 6. The Hall–Kier alpha value is -2.68. The van der Waals surface area contributed by atoms with Crippen LogP contribution in [0.2, 0.25) is 10.0 Å². The predicted octanol–water partition coefficient (Wildman–Crippen LogP) is 5.10. The van der Waals surface area contributed by atoms with Crippen molar-refractivity contribution in [1.29, 1.82) is 0 Å². The first kappa shape index (κ1) is 26.9. The molecular formula is C28H30Cl2FN3O4. The third-order valence-corrected chi connectivity index (χ3v) is 8.82. The van der Waals surface area contributed by atoms with Crippen molar-refractivity contribution in [3.8, 4) is 5.75 Å². The summed E-state index contributed by atoms with van der Waals surface area (Å²) in [6.45, 7) is 2.89. The topological polar surface area (TPSA) is 87.7 Å². The summed E-state index contributed by atoms with van der Waals surface area (Å²) >= 11 is 12.5. The standard InChI is InChI=1S/C28H30Cl2FN3O4/c1-27(11-12-27)24(35)23-4-2-3-13-34(23)25(36)28(33-26(37)38-19-8-6-18(31)7-9-19)16-32-15-20(28)17-5-10-21(29)22(30)14-17/h5-10,14,20,23,32H,2-4,11-13,15-16H2,1H3,(H,33,37)/t20-,23?,28+/m1/s1. The highest BCUT2D eigenvalue weighted by Crippen LogP contribution is 2.48. The van der Waals surface area contributed by atoms with Gasteiger partial charge in [0.2, 0.25) is 0 Å². The Balaban J connectivity index is 1.50. The average molecular weight is 562 g/mol. The van der Waals surface area contributed by atoms with Crippen LogP contribution >= 0.6 is 23.2 Å². The molecule has 5 rings (SSSR count). The number of ether oxygens (including phenoxy) is 1. The van der Waals surface area contributed by atoms with Gasteiger partial charge in [0.25, 0.3) is 5.91 Å². The number of ketones is 1. The fourth-order valence-electron chi connectivity index (χ4n) is 5.61. The predicted molar refractivity (Wildman–Crippen MR) is 142 cm³/mol. The number of carbonyl (C=O) groups excluding carboxylic acids is 3. The molecular weight excluding hydrogens is 532 g/mol. The van der Waals surface area contributed by atoms with Crippen molar-refractivity contribution in [2.45, 2.75) is 56.5 Å². The first-order valence-electron chi connectivity index (χ1n) is 12.9. The van der Waals surface area contributed by atoms with E-state index in [-0.39, 0.29) is 29.4 Å². The number of carbonyl (C=O) groups is 3. The molecule has 3 aliphatic rings. The Morgan fingerprint density at radius 3 is 2.50 bits per heavy atom. The third-order valence-electron chi connectivity index (χ3n) is 8.09. The van der Waals surface area contributed by atoms with Crippen LogP contribution < -0.4 is 15.4 Å². The molecule has 0 bridgehead atoms. The largest absolute Gasteiger partial charge is 0.413 e. The zero-order valence-corrected chi connectivity index (χ0v) is 22.6. The Morgan fingerprint density at radius 2 is 1.82 bits per heavy atom. The molecule has 1 unspecified atom stereocenters. The van der Waals surface area contributed by atoms with Gasteiger partial charge in [0, 0.05) is 31.0 Å². The van der Waals surface area contributed by atoms with Crippen molar-refractivity contribution in [3.05, 3.63) is 63.9 Å². The van der Waals surface area contributed by atoms with Crippen LogP contribution in [0.1, 0.15) is 50.5 Å². The van der Waals surface area contributed by atoms with Crippen LogP contribution in [0.25, 0.3) is 0 Å². The fourth-order valence-corrected chi connectivity index (χ4v) is 5.92. The number of nitrogens with one attached hydrogen (secondary N) is 2. The molecule has 7 nitrogen and oxygen atoms in total. The molecule has 202 valence electrons. The lowest BCUT2D eigenvalue weighted by atomic mass is 9.79. The van der Waals surface area contributed by atoms with Gasteiger partial charge in [-0.05, 0) is 74.1 Å². The van der Waals surface area contributed by atoms with Crippen molar-refractivity contribution in [3.63, 3.8) is 0 Å². The van der Waals surface area contributed by atoms with E-state index in [4.69, 9.17) is 27.9 Å². The van der Waals surface area contributed by atoms with Crippen molar-refractivity contribution in [1.82, 2.24) is 15.5 Å². The van der Waals surface area contributed by atoms with Gasteiger partial charge >= 0.3 is 6.09 Å². The van der Waals surface area contributed by atoms with E-state index >= 15 is 0 Å². The Labute approximate surface area is 231 Å². The molecule has 38 heavy (non-hydrogen) atoms. The monoisotopic (exact) mass is 561 g/mol. The summed E-state index contributed by atoms with van der Waals surface area (Å²) in [5, 5.41) is 6.81. The van der Waals surface area contributed by atoms with Gasteiger partial charge in [0.05, 0.1) is 16.1 Å². The highest BCUT2D eigenvalue weighted by molar-refractivity contribution is 6.42. The lowest BCUT2D eigenvalue weighted by Crippen LogP contribution is -2.67. The van der Waals surface area contributed by atoms with Crippen LogP contribution in [0, 0.1) is 11.2 Å². The van der Waals surface area contributed by atoms with Crippen molar-refractivity contribution in [2.24, 2.45) is 5.41 Å². The highest BCUT2D eigenvalue weighted by Gasteiger charge is 2.56. The maximum atomic E-state index is 14.5. The summed E-state index contributed by atoms with van der Waals surface area (Å²) in [4.78, 5) is 42.8. The average Bonchev–Trinajstić information content (AvgIpc) is 3.52. The SMILES string of the molecule is CC1(C(=O)C2CCCCN2C(=O)[C@]2(NC(=O)Oc3ccc(F)cc3)CNC[C@@H]2c2ccc(Cl)c(Cl)c2)CC1. The molecule has 1 aliphatic carbocycles. The number of hydrogen-bond acceptors (Lipinski definition) is 5. The van der Waals surface area contributed by atoms with Gasteiger partial charge in [-0.25, -0.2) is 9.18 Å². The van der Waals surface area contributed by atoms with E-state index in [0.29, 0.717) is 35.1 Å². The van der Waals surface area contributed by atoms with E-state index in [1.165, 1.54) is 24.3 Å². The minimum atomic E-state index is -1.45. The fraction of sp³-hybridized carbons (Fsp3) is 0.464. The van der Waals surface area contributed by atoms with Gasteiger partial charge < -0.3 is 20.3 Å². The van der Waals surface area contributed by atoms with Crippen LogP contribution in [-0.4, -0.2) is 53.9 Å².